The van der Waals surface area contributed by atoms with Crippen molar-refractivity contribution in [2.45, 2.75) is 12.5 Å². The van der Waals surface area contributed by atoms with Crippen molar-refractivity contribution in [1.29, 1.82) is 0 Å². The van der Waals surface area contributed by atoms with Gasteiger partial charge in [0.25, 0.3) is 0 Å². The molecule has 0 aliphatic carbocycles. The van der Waals surface area contributed by atoms with Crippen LogP contribution in [-0.2, 0) is 13.5 Å². The number of aromatic nitrogens is 2. The van der Waals surface area contributed by atoms with Crippen LogP contribution in [0.15, 0.2) is 42.7 Å². The fourth-order valence-electron chi connectivity index (χ4n) is 1.61. The quantitative estimate of drug-likeness (QED) is 0.934. The maximum absolute atomic E-state index is 6.10. The van der Waals surface area contributed by atoms with E-state index in [1.807, 2.05) is 48.1 Å². The molecule has 2 rings (SSSR count). The van der Waals surface area contributed by atoms with E-state index in [1.54, 1.807) is 6.20 Å². The maximum Gasteiger partial charge on any atom is 0.110 e. The second kappa shape index (κ2) is 7.33. The number of hydrogen-bond acceptors (Lipinski definition) is 2. The number of aryl methyl sites for hydroxylation is 1. The van der Waals surface area contributed by atoms with E-state index in [0.717, 1.165) is 17.8 Å². The molecule has 1 aromatic heterocycles. The van der Waals surface area contributed by atoms with Gasteiger partial charge in [0.2, 0.25) is 0 Å². The molecular formula is C12H17Cl2N3. The molecule has 0 radical (unpaired) electrons. The van der Waals surface area contributed by atoms with E-state index >= 15 is 0 Å². The highest BCUT2D eigenvalue weighted by Gasteiger charge is 2.08. The molecule has 1 heterocycles. The maximum atomic E-state index is 6.10. The van der Waals surface area contributed by atoms with Crippen molar-refractivity contribution in [3.8, 4) is 0 Å². The lowest BCUT2D eigenvalue weighted by Gasteiger charge is -2.11. The largest absolute Gasteiger partial charge is 0.338 e. The summed E-state index contributed by atoms with van der Waals surface area (Å²) in [5.41, 5.74) is 7.26. The molecule has 0 spiro atoms. The molecule has 0 bridgehead atoms. The molecule has 2 aromatic rings. The molecule has 0 saturated heterocycles. The first-order valence-corrected chi connectivity index (χ1v) is 5.04. The molecule has 1 aromatic carbocycles. The van der Waals surface area contributed by atoms with E-state index in [2.05, 4.69) is 4.98 Å². The third-order valence-corrected chi connectivity index (χ3v) is 2.55. The molecule has 1 atom stereocenters. The average Bonchev–Trinajstić information content (AvgIpc) is 2.66. The van der Waals surface area contributed by atoms with Crippen molar-refractivity contribution in [3.05, 3.63) is 54.1 Å². The van der Waals surface area contributed by atoms with E-state index in [9.17, 15) is 0 Å². The molecule has 5 heteroatoms. The minimum atomic E-state index is 0. The van der Waals surface area contributed by atoms with Crippen molar-refractivity contribution in [3.63, 3.8) is 0 Å². The van der Waals surface area contributed by atoms with E-state index in [0.29, 0.717) is 0 Å². The predicted molar refractivity (Wildman–Crippen MR) is 74.8 cm³/mol. The fourth-order valence-corrected chi connectivity index (χ4v) is 1.61. The van der Waals surface area contributed by atoms with Gasteiger partial charge in [-0.2, -0.15) is 0 Å². The molecular weight excluding hydrogens is 257 g/mol. The van der Waals surface area contributed by atoms with Crippen LogP contribution in [0.3, 0.4) is 0 Å². The van der Waals surface area contributed by atoms with Crippen LogP contribution in [0.1, 0.15) is 17.4 Å². The van der Waals surface area contributed by atoms with E-state index < -0.39 is 0 Å². The van der Waals surface area contributed by atoms with Gasteiger partial charge in [0.05, 0.1) is 0 Å². The van der Waals surface area contributed by atoms with Gasteiger partial charge in [-0.1, -0.05) is 30.3 Å². The Bertz CT molecular complexity index is 428. The Kier molecular flexibility index (Phi) is 6.88. The summed E-state index contributed by atoms with van der Waals surface area (Å²) in [4.78, 5) is 4.26. The van der Waals surface area contributed by atoms with Crippen LogP contribution in [0, 0.1) is 0 Å². The zero-order valence-electron chi connectivity index (χ0n) is 9.61. The average molecular weight is 274 g/mol. The number of benzene rings is 1. The molecule has 0 fully saturated rings. The first-order chi connectivity index (χ1) is 7.27. The summed E-state index contributed by atoms with van der Waals surface area (Å²) in [6.07, 6.45) is 4.51. The summed E-state index contributed by atoms with van der Waals surface area (Å²) < 4.78 is 2.00. The van der Waals surface area contributed by atoms with Gasteiger partial charge in [0, 0.05) is 31.9 Å². The SMILES string of the molecule is Cl.Cl.Cn1ccnc1CC(N)c1ccccc1. The Morgan fingerprint density at radius 2 is 1.88 bits per heavy atom. The van der Waals surface area contributed by atoms with Crippen LogP contribution in [0.5, 0.6) is 0 Å². The topological polar surface area (TPSA) is 43.8 Å². The zero-order chi connectivity index (χ0) is 10.7. The standard InChI is InChI=1S/C12H15N3.2ClH/c1-15-8-7-14-12(15)9-11(13)10-5-3-2-4-6-10;;/h2-8,11H,9,13H2,1H3;2*1H. The van der Waals surface area contributed by atoms with Gasteiger partial charge in [0.15, 0.2) is 0 Å². The summed E-state index contributed by atoms with van der Waals surface area (Å²) in [7, 11) is 1.99. The fraction of sp³-hybridized carbons (Fsp3) is 0.250. The molecule has 0 aliphatic rings. The normalized spacial score (nSPS) is 11.2. The molecule has 1 unspecified atom stereocenters. The van der Waals surface area contributed by atoms with Crippen LogP contribution in [0.25, 0.3) is 0 Å². The smallest absolute Gasteiger partial charge is 0.110 e. The lowest BCUT2D eigenvalue weighted by Crippen LogP contribution is -2.15. The van der Waals surface area contributed by atoms with Gasteiger partial charge >= 0.3 is 0 Å². The van der Waals surface area contributed by atoms with E-state index in [4.69, 9.17) is 5.73 Å². The first-order valence-electron chi connectivity index (χ1n) is 5.04. The second-order valence-electron chi connectivity index (χ2n) is 3.68. The van der Waals surface area contributed by atoms with Crippen LogP contribution in [0.2, 0.25) is 0 Å². The zero-order valence-corrected chi connectivity index (χ0v) is 11.2. The number of hydrogen-bond donors (Lipinski definition) is 1. The summed E-state index contributed by atoms with van der Waals surface area (Å²) in [6, 6.07) is 10.1. The number of nitrogens with two attached hydrogens (primary N) is 1. The molecule has 0 amide bonds. The molecule has 17 heavy (non-hydrogen) atoms. The molecule has 2 N–H and O–H groups in total. The van der Waals surface area contributed by atoms with Crippen LogP contribution in [-0.4, -0.2) is 9.55 Å². The highest BCUT2D eigenvalue weighted by molar-refractivity contribution is 5.85. The Labute approximate surface area is 114 Å². The van der Waals surface area contributed by atoms with Crippen molar-refractivity contribution >= 4 is 24.8 Å². The van der Waals surface area contributed by atoms with Crippen molar-refractivity contribution < 1.29 is 0 Å². The third kappa shape index (κ3) is 4.04. The van der Waals surface area contributed by atoms with E-state index in [1.165, 1.54) is 0 Å². The second-order valence-corrected chi connectivity index (χ2v) is 3.68. The summed E-state index contributed by atoms with van der Waals surface area (Å²) in [5, 5.41) is 0. The lowest BCUT2D eigenvalue weighted by molar-refractivity contribution is 0.659. The Hall–Kier alpha value is -1.03. The van der Waals surface area contributed by atoms with Crippen molar-refractivity contribution in [2.24, 2.45) is 12.8 Å². The highest BCUT2D eigenvalue weighted by Crippen LogP contribution is 2.13. The first kappa shape index (κ1) is 16.0. The van der Waals surface area contributed by atoms with Crippen LogP contribution in [0.4, 0.5) is 0 Å². The van der Waals surface area contributed by atoms with Gasteiger partial charge in [-0.15, -0.1) is 24.8 Å². The number of rotatable bonds is 3. The lowest BCUT2D eigenvalue weighted by atomic mass is 10.0. The van der Waals surface area contributed by atoms with Gasteiger partial charge in [-0.05, 0) is 5.56 Å². The molecule has 94 valence electrons. The molecule has 3 nitrogen and oxygen atoms in total. The monoisotopic (exact) mass is 273 g/mol. The third-order valence-electron chi connectivity index (χ3n) is 2.55. The van der Waals surface area contributed by atoms with Gasteiger partial charge in [-0.3, -0.25) is 0 Å². The van der Waals surface area contributed by atoms with Crippen molar-refractivity contribution in [1.82, 2.24) is 9.55 Å². The van der Waals surface area contributed by atoms with Crippen LogP contribution < -0.4 is 5.73 Å². The summed E-state index contributed by atoms with van der Waals surface area (Å²) in [5.74, 6) is 1.02. The molecule has 0 saturated carbocycles. The minimum absolute atomic E-state index is 0. The predicted octanol–water partition coefficient (Wildman–Crippen LogP) is 2.51. The number of imidazole rings is 1. The minimum Gasteiger partial charge on any atom is -0.338 e. The van der Waals surface area contributed by atoms with Gasteiger partial charge in [-0.25, -0.2) is 4.98 Å². The van der Waals surface area contributed by atoms with Crippen molar-refractivity contribution in [2.75, 3.05) is 0 Å². The highest BCUT2D eigenvalue weighted by atomic mass is 35.5. The summed E-state index contributed by atoms with van der Waals surface area (Å²) in [6.45, 7) is 0. The Morgan fingerprint density at radius 1 is 1.24 bits per heavy atom. The van der Waals surface area contributed by atoms with Gasteiger partial charge in [0.1, 0.15) is 5.82 Å². The number of nitrogens with zero attached hydrogens (tertiary/aromatic N) is 2. The van der Waals surface area contributed by atoms with Gasteiger partial charge < -0.3 is 10.3 Å². The Balaban J connectivity index is 0.00000128. The summed E-state index contributed by atoms with van der Waals surface area (Å²) >= 11 is 0. The van der Waals surface area contributed by atoms with Crippen LogP contribution >= 0.6 is 24.8 Å². The molecule has 0 aliphatic heterocycles. The Morgan fingerprint density at radius 3 is 2.41 bits per heavy atom. The van der Waals surface area contributed by atoms with E-state index in [-0.39, 0.29) is 30.9 Å². The number of halogens is 2.